The van der Waals surface area contributed by atoms with Crippen molar-refractivity contribution in [1.82, 2.24) is 10.6 Å². The highest BCUT2D eigenvalue weighted by atomic mass is 16.2. The van der Waals surface area contributed by atoms with Crippen molar-refractivity contribution >= 4 is 11.8 Å². The van der Waals surface area contributed by atoms with E-state index in [1.165, 1.54) is 218 Å². The Morgan fingerprint density at radius 3 is 0.640 bits per heavy atom. The summed E-state index contributed by atoms with van der Waals surface area (Å²) in [5.74, 6) is 0.388. The summed E-state index contributed by atoms with van der Waals surface area (Å²) in [5.41, 5.74) is 0. The lowest BCUT2D eigenvalue weighted by Crippen LogP contribution is -2.27. The van der Waals surface area contributed by atoms with Crippen molar-refractivity contribution in [2.45, 2.75) is 271 Å². The highest BCUT2D eigenvalue weighted by Crippen LogP contribution is 2.16. The van der Waals surface area contributed by atoms with Crippen molar-refractivity contribution in [3.05, 3.63) is 0 Å². The van der Waals surface area contributed by atoms with Crippen LogP contribution in [0.5, 0.6) is 0 Å². The van der Waals surface area contributed by atoms with Crippen molar-refractivity contribution in [3.63, 3.8) is 0 Å². The van der Waals surface area contributed by atoms with Gasteiger partial charge in [-0.1, -0.05) is 232 Å². The van der Waals surface area contributed by atoms with E-state index >= 15 is 0 Å². The molecule has 0 saturated heterocycles. The highest BCUT2D eigenvalue weighted by Gasteiger charge is 2.03. The molecule has 0 bridgehead atoms. The Bertz CT molecular complexity index is 611. The number of hydrogen-bond acceptors (Lipinski definition) is 2. The largest absolute Gasteiger partial charge is 0.356 e. The molecule has 0 aliphatic rings. The summed E-state index contributed by atoms with van der Waals surface area (Å²) in [5, 5.41) is 6.13. The molecule has 0 fully saturated rings. The maximum absolute atomic E-state index is 12.1. The average molecular weight is 705 g/mol. The fraction of sp³-hybridized carbons (Fsp3) is 0.957. The average Bonchev–Trinajstić information content (AvgIpc) is 3.12. The van der Waals surface area contributed by atoms with Gasteiger partial charge in [-0.3, -0.25) is 9.59 Å². The second kappa shape index (κ2) is 44.1. The molecule has 0 unspecified atom stereocenters. The van der Waals surface area contributed by atoms with E-state index in [0.717, 1.165) is 38.8 Å². The van der Waals surface area contributed by atoms with Gasteiger partial charge in [0.25, 0.3) is 0 Å². The first-order valence-corrected chi connectivity index (χ1v) is 23.2. The maximum atomic E-state index is 12.1. The summed E-state index contributed by atoms with van der Waals surface area (Å²) < 4.78 is 0. The third kappa shape index (κ3) is 43.1. The van der Waals surface area contributed by atoms with Crippen LogP contribution in [0.15, 0.2) is 0 Å². The third-order valence-corrected chi connectivity index (χ3v) is 10.8. The van der Waals surface area contributed by atoms with Gasteiger partial charge in [-0.15, -0.1) is 0 Å². The van der Waals surface area contributed by atoms with Crippen LogP contribution in [0.3, 0.4) is 0 Å². The normalized spacial score (nSPS) is 11.3. The zero-order chi connectivity index (χ0) is 36.3. The summed E-state index contributed by atoms with van der Waals surface area (Å²) in [4.78, 5) is 24.2. The topological polar surface area (TPSA) is 58.2 Å². The molecule has 0 aliphatic carbocycles. The lowest BCUT2D eigenvalue weighted by atomic mass is 10.0. The third-order valence-electron chi connectivity index (χ3n) is 10.8. The van der Waals surface area contributed by atoms with E-state index in [2.05, 4.69) is 24.5 Å². The second-order valence-corrected chi connectivity index (χ2v) is 15.9. The van der Waals surface area contributed by atoms with Gasteiger partial charge in [0.05, 0.1) is 0 Å². The summed E-state index contributed by atoms with van der Waals surface area (Å²) in [6.07, 6.45) is 52.5. The number of carbonyl (C=O) groups excluding carboxylic acids is 2. The van der Waals surface area contributed by atoms with Gasteiger partial charge in [-0.05, 0) is 25.7 Å². The molecule has 50 heavy (non-hydrogen) atoms. The summed E-state index contributed by atoms with van der Waals surface area (Å²) in [7, 11) is 0. The zero-order valence-corrected chi connectivity index (χ0v) is 34.5. The number of carbonyl (C=O) groups is 2. The van der Waals surface area contributed by atoms with Crippen LogP contribution in [-0.4, -0.2) is 24.9 Å². The fourth-order valence-corrected chi connectivity index (χ4v) is 7.26. The minimum absolute atomic E-state index is 0.194. The van der Waals surface area contributed by atoms with Crippen LogP contribution in [0.2, 0.25) is 0 Å². The molecule has 0 radical (unpaired) electrons. The van der Waals surface area contributed by atoms with Gasteiger partial charge in [0, 0.05) is 25.9 Å². The Kier molecular flexibility index (Phi) is 43.2. The molecule has 0 aromatic rings. The van der Waals surface area contributed by atoms with Crippen LogP contribution in [0.4, 0.5) is 0 Å². The van der Waals surface area contributed by atoms with Gasteiger partial charge in [-0.25, -0.2) is 0 Å². The first-order valence-electron chi connectivity index (χ1n) is 23.2. The second-order valence-electron chi connectivity index (χ2n) is 15.9. The first-order chi connectivity index (χ1) is 24.7. The van der Waals surface area contributed by atoms with E-state index in [0.29, 0.717) is 12.8 Å². The van der Waals surface area contributed by atoms with Crippen LogP contribution in [0.25, 0.3) is 0 Å². The molecule has 4 nitrogen and oxygen atoms in total. The molecule has 0 rings (SSSR count). The van der Waals surface area contributed by atoms with Gasteiger partial charge >= 0.3 is 0 Å². The Labute approximate surface area is 315 Å². The Hall–Kier alpha value is -1.06. The van der Waals surface area contributed by atoms with E-state index in [1.807, 2.05) is 0 Å². The molecule has 298 valence electrons. The van der Waals surface area contributed by atoms with Crippen LogP contribution >= 0.6 is 0 Å². The number of nitrogens with one attached hydrogen (secondary N) is 2. The minimum Gasteiger partial charge on any atom is -0.356 e. The SMILES string of the molecule is CCCCCCCCCCCCCCCCCCCCC(=O)NCCCCNC(=O)CCCCCCCCCCCCCCCCCCCC. The van der Waals surface area contributed by atoms with Crippen LogP contribution < -0.4 is 10.6 Å². The standard InChI is InChI=1S/C46H92N2O2/c1-3-5-7-9-11-13-15-17-19-21-23-25-27-29-31-33-35-37-41-45(49)47-43-39-40-44-48-46(50)42-38-36-34-32-30-28-26-24-22-20-18-16-14-12-10-8-6-4-2/h3-44H2,1-2H3,(H,47,49)(H,48,50). The lowest BCUT2D eigenvalue weighted by Gasteiger charge is -2.07. The molecule has 0 heterocycles. The molecule has 0 aromatic carbocycles. The monoisotopic (exact) mass is 705 g/mol. The zero-order valence-electron chi connectivity index (χ0n) is 34.5. The highest BCUT2D eigenvalue weighted by molar-refractivity contribution is 5.76. The number of unbranched alkanes of at least 4 members (excludes halogenated alkanes) is 35. The Balaban J connectivity index is 3.24. The smallest absolute Gasteiger partial charge is 0.219 e. The Morgan fingerprint density at radius 1 is 0.260 bits per heavy atom. The molecular formula is C46H92N2O2. The fourth-order valence-electron chi connectivity index (χ4n) is 7.26. The Morgan fingerprint density at radius 2 is 0.440 bits per heavy atom. The van der Waals surface area contributed by atoms with Crippen LogP contribution in [0.1, 0.15) is 271 Å². The maximum Gasteiger partial charge on any atom is 0.219 e. The van der Waals surface area contributed by atoms with Crippen LogP contribution in [-0.2, 0) is 9.59 Å². The summed E-state index contributed by atoms with van der Waals surface area (Å²) in [6, 6.07) is 0. The molecule has 2 amide bonds. The van der Waals surface area contributed by atoms with E-state index in [-0.39, 0.29) is 11.8 Å². The van der Waals surface area contributed by atoms with Gasteiger partial charge in [0.2, 0.25) is 11.8 Å². The van der Waals surface area contributed by atoms with E-state index < -0.39 is 0 Å². The van der Waals surface area contributed by atoms with Crippen LogP contribution in [0, 0.1) is 0 Å². The minimum atomic E-state index is 0.194. The van der Waals surface area contributed by atoms with Crippen molar-refractivity contribution in [3.8, 4) is 0 Å². The van der Waals surface area contributed by atoms with Crippen molar-refractivity contribution in [2.24, 2.45) is 0 Å². The molecule has 4 heteroatoms. The number of amides is 2. The van der Waals surface area contributed by atoms with Gasteiger partial charge < -0.3 is 10.6 Å². The van der Waals surface area contributed by atoms with E-state index in [1.54, 1.807) is 0 Å². The van der Waals surface area contributed by atoms with Gasteiger partial charge in [0.1, 0.15) is 0 Å². The summed E-state index contributed by atoms with van der Waals surface area (Å²) in [6.45, 7) is 6.04. The molecule has 0 saturated carbocycles. The van der Waals surface area contributed by atoms with Crippen molar-refractivity contribution in [1.29, 1.82) is 0 Å². The van der Waals surface area contributed by atoms with E-state index in [4.69, 9.17) is 0 Å². The predicted octanol–water partition coefficient (Wildman–Crippen LogP) is 14.9. The van der Waals surface area contributed by atoms with Gasteiger partial charge in [-0.2, -0.15) is 0 Å². The lowest BCUT2D eigenvalue weighted by molar-refractivity contribution is -0.122. The molecule has 0 spiro atoms. The predicted molar refractivity (Wildman–Crippen MR) is 222 cm³/mol. The molecule has 2 N–H and O–H groups in total. The number of hydrogen-bond donors (Lipinski definition) is 2. The van der Waals surface area contributed by atoms with Crippen molar-refractivity contribution in [2.75, 3.05) is 13.1 Å². The van der Waals surface area contributed by atoms with Gasteiger partial charge in [0.15, 0.2) is 0 Å². The first kappa shape index (κ1) is 48.9. The number of rotatable bonds is 43. The van der Waals surface area contributed by atoms with Crippen molar-refractivity contribution < 1.29 is 9.59 Å². The molecule has 0 atom stereocenters. The quantitative estimate of drug-likeness (QED) is 0.0621. The summed E-state index contributed by atoms with van der Waals surface area (Å²) >= 11 is 0. The molecule has 0 aliphatic heterocycles. The molecular weight excluding hydrogens is 613 g/mol. The van der Waals surface area contributed by atoms with E-state index in [9.17, 15) is 9.59 Å². The molecule has 0 aromatic heterocycles.